The summed E-state index contributed by atoms with van der Waals surface area (Å²) < 4.78 is 5.65. The Bertz CT molecular complexity index is 355. The molecule has 1 rings (SSSR count). The predicted molar refractivity (Wildman–Crippen MR) is 84.0 cm³/mol. The zero-order valence-electron chi connectivity index (χ0n) is 12.0. The molecular weight excluding hydrogens is 258 g/mol. The number of nitrogens with two attached hydrogens (primary N) is 1. The highest BCUT2D eigenvalue weighted by Crippen LogP contribution is 2.26. The minimum absolute atomic E-state index is 0.633. The third kappa shape index (κ3) is 7.31. The van der Waals surface area contributed by atoms with Crippen molar-refractivity contribution in [1.82, 2.24) is 0 Å². The quantitative estimate of drug-likeness (QED) is 0.458. The van der Waals surface area contributed by atoms with Crippen LogP contribution in [0.1, 0.15) is 58.3 Å². The van der Waals surface area contributed by atoms with E-state index in [1.807, 2.05) is 0 Å². The fourth-order valence-electron chi connectivity index (χ4n) is 2.05. The van der Waals surface area contributed by atoms with Gasteiger partial charge in [-0.05, 0) is 18.6 Å². The predicted octanol–water partition coefficient (Wildman–Crippen LogP) is 5.44. The van der Waals surface area contributed by atoms with Gasteiger partial charge in [0.2, 0.25) is 0 Å². The van der Waals surface area contributed by atoms with Crippen LogP contribution in [-0.4, -0.2) is 6.61 Å². The number of halogens is 1. The van der Waals surface area contributed by atoms with Gasteiger partial charge in [0.05, 0.1) is 11.6 Å². The second kappa shape index (κ2) is 9.96. The maximum absolute atomic E-state index is 6.03. The Morgan fingerprint density at radius 2 is 1.63 bits per heavy atom. The molecule has 0 aliphatic heterocycles. The molecule has 0 saturated heterocycles. The standard InChI is InChI=1S/C16H26ClNO/c1-2-3-4-5-6-7-8-9-12-19-16-13-14(18)10-11-15(16)17/h10-11,13H,2-9,12,18H2,1H3. The van der Waals surface area contributed by atoms with Gasteiger partial charge in [-0.25, -0.2) is 0 Å². The second-order valence-electron chi connectivity index (χ2n) is 5.01. The Hall–Kier alpha value is -0.890. The SMILES string of the molecule is CCCCCCCCCCOc1cc(N)ccc1Cl. The van der Waals surface area contributed by atoms with Crippen molar-refractivity contribution >= 4 is 17.3 Å². The van der Waals surface area contributed by atoms with E-state index in [2.05, 4.69) is 6.92 Å². The number of rotatable bonds is 10. The number of benzene rings is 1. The molecule has 2 N–H and O–H groups in total. The van der Waals surface area contributed by atoms with E-state index in [4.69, 9.17) is 22.1 Å². The van der Waals surface area contributed by atoms with E-state index in [9.17, 15) is 0 Å². The smallest absolute Gasteiger partial charge is 0.139 e. The highest BCUT2D eigenvalue weighted by Gasteiger charge is 2.01. The topological polar surface area (TPSA) is 35.2 Å². The van der Waals surface area contributed by atoms with E-state index in [-0.39, 0.29) is 0 Å². The van der Waals surface area contributed by atoms with Crippen LogP contribution in [0, 0.1) is 0 Å². The molecule has 0 aromatic heterocycles. The summed E-state index contributed by atoms with van der Waals surface area (Å²) in [5.41, 5.74) is 6.39. The Morgan fingerprint density at radius 1 is 1.00 bits per heavy atom. The number of hydrogen-bond acceptors (Lipinski definition) is 2. The first-order chi connectivity index (χ1) is 9.24. The average molecular weight is 284 g/mol. The van der Waals surface area contributed by atoms with Gasteiger partial charge in [0.25, 0.3) is 0 Å². The normalized spacial score (nSPS) is 10.6. The van der Waals surface area contributed by atoms with Crippen molar-refractivity contribution in [2.24, 2.45) is 0 Å². The van der Waals surface area contributed by atoms with Crippen LogP contribution in [0.2, 0.25) is 5.02 Å². The van der Waals surface area contributed by atoms with E-state index in [0.717, 1.165) is 13.0 Å². The monoisotopic (exact) mass is 283 g/mol. The van der Waals surface area contributed by atoms with Crippen molar-refractivity contribution in [3.8, 4) is 5.75 Å². The molecule has 0 atom stereocenters. The van der Waals surface area contributed by atoms with E-state index in [1.165, 1.54) is 44.9 Å². The molecule has 0 unspecified atom stereocenters. The largest absolute Gasteiger partial charge is 0.492 e. The summed E-state index contributed by atoms with van der Waals surface area (Å²) >= 11 is 6.03. The van der Waals surface area contributed by atoms with Crippen molar-refractivity contribution in [2.45, 2.75) is 58.3 Å². The molecule has 0 saturated carbocycles. The van der Waals surface area contributed by atoms with Crippen LogP contribution in [0.4, 0.5) is 5.69 Å². The number of unbranched alkanes of at least 4 members (excludes halogenated alkanes) is 7. The second-order valence-corrected chi connectivity index (χ2v) is 5.42. The first-order valence-electron chi connectivity index (χ1n) is 7.42. The van der Waals surface area contributed by atoms with Gasteiger partial charge in [-0.15, -0.1) is 0 Å². The molecule has 0 aliphatic rings. The van der Waals surface area contributed by atoms with Crippen molar-refractivity contribution < 1.29 is 4.74 Å². The summed E-state index contributed by atoms with van der Waals surface area (Å²) in [7, 11) is 0. The van der Waals surface area contributed by atoms with Gasteiger partial charge in [0.15, 0.2) is 0 Å². The first kappa shape index (κ1) is 16.2. The molecule has 108 valence electrons. The Labute approximate surface area is 122 Å². The fourth-order valence-corrected chi connectivity index (χ4v) is 2.22. The average Bonchev–Trinajstić information content (AvgIpc) is 2.40. The summed E-state index contributed by atoms with van der Waals surface area (Å²) in [5, 5.41) is 0.633. The van der Waals surface area contributed by atoms with Crippen molar-refractivity contribution in [3.05, 3.63) is 23.2 Å². The van der Waals surface area contributed by atoms with Crippen molar-refractivity contribution in [3.63, 3.8) is 0 Å². The molecule has 1 aromatic rings. The molecular formula is C16H26ClNO. The molecule has 0 aliphatic carbocycles. The van der Waals surface area contributed by atoms with Gasteiger partial charge in [-0.2, -0.15) is 0 Å². The summed E-state index contributed by atoms with van der Waals surface area (Å²) in [4.78, 5) is 0. The molecule has 0 bridgehead atoms. The molecule has 19 heavy (non-hydrogen) atoms. The summed E-state index contributed by atoms with van der Waals surface area (Å²) in [6, 6.07) is 5.35. The third-order valence-corrected chi connectivity index (χ3v) is 3.52. The number of anilines is 1. The first-order valence-corrected chi connectivity index (χ1v) is 7.79. The third-order valence-electron chi connectivity index (χ3n) is 3.21. The zero-order chi connectivity index (χ0) is 13.9. The molecule has 0 fully saturated rings. The van der Waals surface area contributed by atoms with Crippen LogP contribution < -0.4 is 10.5 Å². The summed E-state index contributed by atoms with van der Waals surface area (Å²) in [6.07, 6.45) is 10.4. The molecule has 0 radical (unpaired) electrons. The lowest BCUT2D eigenvalue weighted by Crippen LogP contribution is -1.98. The minimum atomic E-state index is 0.633. The molecule has 0 spiro atoms. The van der Waals surface area contributed by atoms with Crippen molar-refractivity contribution in [1.29, 1.82) is 0 Å². The number of hydrogen-bond donors (Lipinski definition) is 1. The van der Waals surface area contributed by atoms with Crippen LogP contribution in [-0.2, 0) is 0 Å². The number of nitrogen functional groups attached to an aromatic ring is 1. The van der Waals surface area contributed by atoms with Gasteiger partial charge in [0.1, 0.15) is 5.75 Å². The van der Waals surface area contributed by atoms with E-state index < -0.39 is 0 Å². The van der Waals surface area contributed by atoms with Crippen LogP contribution in [0.5, 0.6) is 5.75 Å². The Morgan fingerprint density at radius 3 is 2.32 bits per heavy atom. The van der Waals surface area contributed by atoms with Gasteiger partial charge in [0, 0.05) is 11.8 Å². The maximum Gasteiger partial charge on any atom is 0.139 e. The molecule has 0 amide bonds. The summed E-state index contributed by atoms with van der Waals surface area (Å²) in [6.45, 7) is 2.97. The highest BCUT2D eigenvalue weighted by molar-refractivity contribution is 6.32. The lowest BCUT2D eigenvalue weighted by atomic mass is 10.1. The van der Waals surface area contributed by atoms with Crippen LogP contribution in [0.3, 0.4) is 0 Å². The zero-order valence-corrected chi connectivity index (χ0v) is 12.7. The Kier molecular flexibility index (Phi) is 8.48. The van der Waals surface area contributed by atoms with E-state index in [1.54, 1.807) is 18.2 Å². The van der Waals surface area contributed by atoms with Crippen LogP contribution in [0.25, 0.3) is 0 Å². The number of ether oxygens (including phenoxy) is 1. The van der Waals surface area contributed by atoms with E-state index in [0.29, 0.717) is 16.5 Å². The maximum atomic E-state index is 6.03. The summed E-state index contributed by atoms with van der Waals surface area (Å²) in [5.74, 6) is 0.699. The van der Waals surface area contributed by atoms with Crippen LogP contribution in [0.15, 0.2) is 18.2 Å². The minimum Gasteiger partial charge on any atom is -0.492 e. The lowest BCUT2D eigenvalue weighted by molar-refractivity contribution is 0.304. The lowest BCUT2D eigenvalue weighted by Gasteiger charge is -2.08. The fraction of sp³-hybridized carbons (Fsp3) is 0.625. The van der Waals surface area contributed by atoms with E-state index >= 15 is 0 Å². The van der Waals surface area contributed by atoms with Crippen molar-refractivity contribution in [2.75, 3.05) is 12.3 Å². The molecule has 1 aromatic carbocycles. The molecule has 2 nitrogen and oxygen atoms in total. The Balaban J connectivity index is 2.03. The van der Waals surface area contributed by atoms with Gasteiger partial charge >= 0.3 is 0 Å². The van der Waals surface area contributed by atoms with Crippen LogP contribution >= 0.6 is 11.6 Å². The van der Waals surface area contributed by atoms with Gasteiger partial charge in [-0.1, -0.05) is 63.5 Å². The highest BCUT2D eigenvalue weighted by atomic mass is 35.5. The van der Waals surface area contributed by atoms with Gasteiger partial charge < -0.3 is 10.5 Å². The molecule has 0 heterocycles. The van der Waals surface area contributed by atoms with Gasteiger partial charge in [-0.3, -0.25) is 0 Å². The molecule has 3 heteroatoms.